The molecule has 1 heterocycles. The van der Waals surface area contributed by atoms with E-state index in [0.717, 1.165) is 26.2 Å². The normalized spacial score (nSPS) is 18.0. The Morgan fingerprint density at radius 3 is 2.74 bits per heavy atom. The fourth-order valence-corrected chi connectivity index (χ4v) is 2.51. The number of piperazine rings is 1. The largest absolute Gasteiger partial charge is 0.348 e. The third kappa shape index (κ3) is 4.04. The Labute approximate surface area is 115 Å². The molecule has 4 heteroatoms. The summed E-state index contributed by atoms with van der Waals surface area (Å²) in [6, 6.07) is 8.26. The van der Waals surface area contributed by atoms with Crippen LogP contribution in [0, 0.1) is 6.92 Å². The predicted octanol–water partition coefficient (Wildman–Crippen LogP) is 1.08. The number of aryl methyl sites for hydroxylation is 1. The summed E-state index contributed by atoms with van der Waals surface area (Å²) in [4.78, 5) is 14.2. The molecular formula is C15H23N3O. The van der Waals surface area contributed by atoms with Gasteiger partial charge < -0.3 is 10.6 Å². The van der Waals surface area contributed by atoms with Gasteiger partial charge in [-0.2, -0.15) is 0 Å². The molecule has 1 aromatic rings. The topological polar surface area (TPSA) is 44.4 Å². The van der Waals surface area contributed by atoms with E-state index < -0.39 is 0 Å². The quantitative estimate of drug-likeness (QED) is 0.852. The molecule has 1 aromatic carbocycles. The smallest absolute Gasteiger partial charge is 0.234 e. The number of rotatable bonds is 4. The van der Waals surface area contributed by atoms with Crippen LogP contribution in [0.2, 0.25) is 0 Å². The SMILES string of the molecule is Cc1ccccc1C(C)NC(=O)CN1CCNCC1. The minimum absolute atomic E-state index is 0.0663. The Balaban J connectivity index is 1.86. The molecule has 1 saturated heterocycles. The fraction of sp³-hybridized carbons (Fsp3) is 0.533. The van der Waals surface area contributed by atoms with Crippen molar-refractivity contribution in [1.29, 1.82) is 0 Å². The standard InChI is InChI=1S/C15H23N3O/c1-12-5-3-4-6-14(12)13(2)17-15(19)11-18-9-7-16-8-10-18/h3-6,13,16H,7-11H2,1-2H3,(H,17,19). The van der Waals surface area contributed by atoms with Crippen molar-refractivity contribution < 1.29 is 4.79 Å². The second-order valence-electron chi connectivity index (χ2n) is 5.17. The average molecular weight is 261 g/mol. The lowest BCUT2D eigenvalue weighted by atomic mass is 10.0. The maximum Gasteiger partial charge on any atom is 0.234 e. The Bertz CT molecular complexity index is 427. The van der Waals surface area contributed by atoms with E-state index in [-0.39, 0.29) is 11.9 Å². The third-order valence-electron chi connectivity index (χ3n) is 3.61. The van der Waals surface area contributed by atoms with Crippen LogP contribution in [0.25, 0.3) is 0 Å². The van der Waals surface area contributed by atoms with Gasteiger partial charge in [0, 0.05) is 26.2 Å². The second-order valence-corrected chi connectivity index (χ2v) is 5.17. The summed E-state index contributed by atoms with van der Waals surface area (Å²) in [5.41, 5.74) is 2.41. The molecule has 2 N–H and O–H groups in total. The van der Waals surface area contributed by atoms with Crippen LogP contribution in [0.5, 0.6) is 0 Å². The van der Waals surface area contributed by atoms with Crippen LogP contribution < -0.4 is 10.6 Å². The Morgan fingerprint density at radius 2 is 2.05 bits per heavy atom. The monoisotopic (exact) mass is 261 g/mol. The van der Waals surface area contributed by atoms with Gasteiger partial charge in [0.05, 0.1) is 12.6 Å². The van der Waals surface area contributed by atoms with E-state index in [1.807, 2.05) is 19.1 Å². The second kappa shape index (κ2) is 6.68. The molecular weight excluding hydrogens is 238 g/mol. The van der Waals surface area contributed by atoms with Crippen LogP contribution in [0.4, 0.5) is 0 Å². The van der Waals surface area contributed by atoms with Gasteiger partial charge in [-0.05, 0) is 25.0 Å². The van der Waals surface area contributed by atoms with Gasteiger partial charge in [0.2, 0.25) is 5.91 Å². The molecule has 1 unspecified atom stereocenters. The number of benzene rings is 1. The minimum Gasteiger partial charge on any atom is -0.348 e. The van der Waals surface area contributed by atoms with Crippen LogP contribution in [-0.4, -0.2) is 43.5 Å². The molecule has 104 valence electrons. The lowest BCUT2D eigenvalue weighted by molar-refractivity contribution is -0.123. The summed E-state index contributed by atoms with van der Waals surface area (Å²) in [5.74, 6) is 0.109. The molecule has 1 amide bonds. The molecule has 2 rings (SSSR count). The highest BCUT2D eigenvalue weighted by atomic mass is 16.2. The molecule has 4 nitrogen and oxygen atoms in total. The first-order valence-corrected chi connectivity index (χ1v) is 6.95. The van der Waals surface area contributed by atoms with E-state index in [1.54, 1.807) is 0 Å². The van der Waals surface area contributed by atoms with E-state index in [9.17, 15) is 4.79 Å². The summed E-state index contributed by atoms with van der Waals surface area (Å²) in [6.45, 7) is 8.46. The maximum absolute atomic E-state index is 12.0. The molecule has 19 heavy (non-hydrogen) atoms. The molecule has 1 aliphatic heterocycles. The van der Waals surface area contributed by atoms with Crippen molar-refractivity contribution in [3.63, 3.8) is 0 Å². The summed E-state index contributed by atoms with van der Waals surface area (Å²) >= 11 is 0. The lowest BCUT2D eigenvalue weighted by Gasteiger charge is -2.27. The summed E-state index contributed by atoms with van der Waals surface area (Å²) in [5, 5.41) is 6.37. The summed E-state index contributed by atoms with van der Waals surface area (Å²) in [6.07, 6.45) is 0. The number of hydrogen-bond donors (Lipinski definition) is 2. The molecule has 0 spiro atoms. The van der Waals surface area contributed by atoms with Crippen LogP contribution in [0.15, 0.2) is 24.3 Å². The van der Waals surface area contributed by atoms with Crippen molar-refractivity contribution in [2.45, 2.75) is 19.9 Å². The van der Waals surface area contributed by atoms with Crippen molar-refractivity contribution in [2.24, 2.45) is 0 Å². The molecule has 0 saturated carbocycles. The van der Waals surface area contributed by atoms with Gasteiger partial charge in [-0.25, -0.2) is 0 Å². The van der Waals surface area contributed by atoms with Gasteiger partial charge >= 0.3 is 0 Å². The van der Waals surface area contributed by atoms with Gasteiger partial charge in [-0.3, -0.25) is 9.69 Å². The fourth-order valence-electron chi connectivity index (χ4n) is 2.51. The van der Waals surface area contributed by atoms with Gasteiger partial charge in [0.1, 0.15) is 0 Å². The summed E-state index contributed by atoms with van der Waals surface area (Å²) in [7, 11) is 0. The van der Waals surface area contributed by atoms with Gasteiger partial charge in [0.25, 0.3) is 0 Å². The van der Waals surface area contributed by atoms with E-state index in [1.165, 1.54) is 11.1 Å². The molecule has 0 bridgehead atoms. The van der Waals surface area contributed by atoms with Crippen molar-refractivity contribution in [1.82, 2.24) is 15.5 Å². The van der Waals surface area contributed by atoms with E-state index >= 15 is 0 Å². The first-order valence-electron chi connectivity index (χ1n) is 6.95. The summed E-state index contributed by atoms with van der Waals surface area (Å²) < 4.78 is 0. The predicted molar refractivity (Wildman–Crippen MR) is 77.0 cm³/mol. The van der Waals surface area contributed by atoms with Crippen molar-refractivity contribution in [3.8, 4) is 0 Å². The number of nitrogens with one attached hydrogen (secondary N) is 2. The van der Waals surface area contributed by atoms with E-state index in [0.29, 0.717) is 6.54 Å². The highest BCUT2D eigenvalue weighted by Gasteiger charge is 2.16. The van der Waals surface area contributed by atoms with E-state index in [2.05, 4.69) is 34.6 Å². The van der Waals surface area contributed by atoms with Crippen LogP contribution in [0.3, 0.4) is 0 Å². The zero-order chi connectivity index (χ0) is 13.7. The Kier molecular flexibility index (Phi) is 4.93. The van der Waals surface area contributed by atoms with Crippen LogP contribution in [0.1, 0.15) is 24.1 Å². The molecule has 1 fully saturated rings. The van der Waals surface area contributed by atoms with E-state index in [4.69, 9.17) is 0 Å². The maximum atomic E-state index is 12.0. The molecule has 0 aliphatic carbocycles. The third-order valence-corrected chi connectivity index (χ3v) is 3.61. The minimum atomic E-state index is 0.0663. The van der Waals surface area contributed by atoms with Crippen molar-refractivity contribution in [3.05, 3.63) is 35.4 Å². The zero-order valence-corrected chi connectivity index (χ0v) is 11.8. The molecule has 1 aliphatic rings. The molecule has 1 atom stereocenters. The highest BCUT2D eigenvalue weighted by Crippen LogP contribution is 2.16. The number of carbonyl (C=O) groups is 1. The van der Waals surface area contributed by atoms with Crippen molar-refractivity contribution >= 4 is 5.91 Å². The van der Waals surface area contributed by atoms with Crippen molar-refractivity contribution in [2.75, 3.05) is 32.7 Å². The van der Waals surface area contributed by atoms with Crippen LogP contribution >= 0.6 is 0 Å². The number of carbonyl (C=O) groups excluding carboxylic acids is 1. The van der Waals surface area contributed by atoms with Gasteiger partial charge in [0.15, 0.2) is 0 Å². The Morgan fingerprint density at radius 1 is 1.37 bits per heavy atom. The number of nitrogens with zero attached hydrogens (tertiary/aromatic N) is 1. The molecule has 0 radical (unpaired) electrons. The van der Waals surface area contributed by atoms with Gasteiger partial charge in [-0.15, -0.1) is 0 Å². The number of hydrogen-bond acceptors (Lipinski definition) is 3. The van der Waals surface area contributed by atoms with Crippen LogP contribution in [-0.2, 0) is 4.79 Å². The zero-order valence-electron chi connectivity index (χ0n) is 11.8. The average Bonchev–Trinajstić information content (AvgIpc) is 2.40. The first-order chi connectivity index (χ1) is 9.16. The molecule has 0 aromatic heterocycles. The lowest BCUT2D eigenvalue weighted by Crippen LogP contribution is -2.47. The first kappa shape index (κ1) is 14.0. The van der Waals surface area contributed by atoms with Gasteiger partial charge in [-0.1, -0.05) is 24.3 Å². The Hall–Kier alpha value is -1.39. The number of amides is 1. The highest BCUT2D eigenvalue weighted by molar-refractivity contribution is 5.78.